The molecule has 0 aromatic heterocycles. The molecule has 74 valence electrons. The zero-order valence-electron chi connectivity index (χ0n) is 8.39. The lowest BCUT2D eigenvalue weighted by atomic mass is 9.86. The van der Waals surface area contributed by atoms with Crippen molar-refractivity contribution in [1.29, 1.82) is 0 Å². The van der Waals surface area contributed by atoms with E-state index in [4.69, 9.17) is 0 Å². The zero-order chi connectivity index (χ0) is 9.47. The Balaban J connectivity index is 2.03. The van der Waals surface area contributed by atoms with Gasteiger partial charge in [0.25, 0.3) is 0 Å². The number of rotatable bonds is 1. The molecule has 3 atom stereocenters. The van der Waals surface area contributed by atoms with Crippen molar-refractivity contribution in [2.75, 3.05) is 0 Å². The standard InChI is InChI=1S/C10H18N2O/c1-7(13)12-10(2)5-8-3-4-9(6-10)11-8/h8-9,11H,3-6H2,1-2H3,(H,12,13)/t8-,9+,10?. The Morgan fingerprint density at radius 3 is 2.38 bits per heavy atom. The van der Waals surface area contributed by atoms with E-state index >= 15 is 0 Å². The third-order valence-electron chi connectivity index (χ3n) is 3.21. The Kier molecular flexibility index (Phi) is 2.06. The molecular weight excluding hydrogens is 164 g/mol. The van der Waals surface area contributed by atoms with Crippen molar-refractivity contribution in [2.45, 2.75) is 57.2 Å². The second-order valence-corrected chi connectivity index (χ2v) is 4.79. The van der Waals surface area contributed by atoms with E-state index in [2.05, 4.69) is 17.6 Å². The summed E-state index contributed by atoms with van der Waals surface area (Å²) in [5.41, 5.74) is 0.0446. The summed E-state index contributed by atoms with van der Waals surface area (Å²) in [6.45, 7) is 3.77. The second kappa shape index (κ2) is 2.98. The average molecular weight is 182 g/mol. The van der Waals surface area contributed by atoms with Crippen LogP contribution in [0.25, 0.3) is 0 Å². The summed E-state index contributed by atoms with van der Waals surface area (Å²) in [4.78, 5) is 11.0. The smallest absolute Gasteiger partial charge is 0.217 e. The summed E-state index contributed by atoms with van der Waals surface area (Å²) < 4.78 is 0. The van der Waals surface area contributed by atoms with Gasteiger partial charge in [0, 0.05) is 24.5 Å². The number of hydrogen-bond acceptors (Lipinski definition) is 2. The molecule has 0 aromatic rings. The molecule has 2 aliphatic rings. The first-order chi connectivity index (χ1) is 6.07. The normalized spacial score (nSPS) is 43.2. The van der Waals surface area contributed by atoms with Crippen molar-refractivity contribution in [1.82, 2.24) is 10.6 Å². The van der Waals surface area contributed by atoms with Crippen LogP contribution >= 0.6 is 0 Å². The molecule has 0 radical (unpaired) electrons. The van der Waals surface area contributed by atoms with E-state index in [1.54, 1.807) is 6.92 Å². The summed E-state index contributed by atoms with van der Waals surface area (Å²) in [6, 6.07) is 1.27. The maximum Gasteiger partial charge on any atom is 0.217 e. The van der Waals surface area contributed by atoms with Gasteiger partial charge in [-0.05, 0) is 32.6 Å². The summed E-state index contributed by atoms with van der Waals surface area (Å²) in [7, 11) is 0. The molecule has 2 aliphatic heterocycles. The fraction of sp³-hybridized carbons (Fsp3) is 0.900. The van der Waals surface area contributed by atoms with Crippen molar-refractivity contribution >= 4 is 5.91 Å². The van der Waals surface area contributed by atoms with Gasteiger partial charge in [0.1, 0.15) is 0 Å². The predicted molar refractivity (Wildman–Crippen MR) is 51.4 cm³/mol. The highest BCUT2D eigenvalue weighted by Crippen LogP contribution is 2.33. The first-order valence-electron chi connectivity index (χ1n) is 5.12. The molecule has 1 amide bonds. The number of nitrogens with one attached hydrogen (secondary N) is 2. The van der Waals surface area contributed by atoms with Crippen LogP contribution in [0.1, 0.15) is 39.5 Å². The number of carbonyl (C=O) groups excluding carboxylic acids is 1. The van der Waals surface area contributed by atoms with Gasteiger partial charge in [0.15, 0.2) is 0 Å². The Morgan fingerprint density at radius 1 is 1.38 bits per heavy atom. The summed E-state index contributed by atoms with van der Waals surface area (Å²) in [5.74, 6) is 0.101. The lowest BCUT2D eigenvalue weighted by molar-refractivity contribution is -0.121. The van der Waals surface area contributed by atoms with Crippen LogP contribution in [-0.4, -0.2) is 23.5 Å². The molecule has 2 rings (SSSR count). The molecule has 0 saturated carbocycles. The molecule has 0 aromatic carbocycles. The predicted octanol–water partition coefficient (Wildman–Crippen LogP) is 0.796. The van der Waals surface area contributed by atoms with Gasteiger partial charge in [-0.1, -0.05) is 0 Å². The molecule has 3 nitrogen and oxygen atoms in total. The molecule has 0 spiro atoms. The SMILES string of the molecule is CC(=O)NC1(C)C[C@H]2CC[C@@H](C1)N2. The van der Waals surface area contributed by atoms with Gasteiger partial charge >= 0.3 is 0 Å². The van der Waals surface area contributed by atoms with E-state index in [9.17, 15) is 4.79 Å². The van der Waals surface area contributed by atoms with Gasteiger partial charge in [-0.2, -0.15) is 0 Å². The van der Waals surface area contributed by atoms with Crippen LogP contribution in [0.15, 0.2) is 0 Å². The molecule has 0 aliphatic carbocycles. The molecule has 2 bridgehead atoms. The molecule has 2 fully saturated rings. The fourth-order valence-electron chi connectivity index (χ4n) is 2.92. The van der Waals surface area contributed by atoms with Crippen LogP contribution in [0.2, 0.25) is 0 Å². The molecule has 2 N–H and O–H groups in total. The minimum Gasteiger partial charge on any atom is -0.351 e. The number of carbonyl (C=O) groups is 1. The van der Waals surface area contributed by atoms with Gasteiger partial charge in [0.2, 0.25) is 5.91 Å². The topological polar surface area (TPSA) is 41.1 Å². The molecule has 13 heavy (non-hydrogen) atoms. The van der Waals surface area contributed by atoms with E-state index < -0.39 is 0 Å². The van der Waals surface area contributed by atoms with Crippen LogP contribution in [0, 0.1) is 0 Å². The summed E-state index contributed by atoms with van der Waals surface area (Å²) in [6.07, 6.45) is 4.73. The zero-order valence-corrected chi connectivity index (χ0v) is 8.39. The third kappa shape index (κ3) is 1.85. The molecule has 3 heteroatoms. The van der Waals surface area contributed by atoms with Crippen LogP contribution in [0.3, 0.4) is 0 Å². The fourth-order valence-corrected chi connectivity index (χ4v) is 2.92. The largest absolute Gasteiger partial charge is 0.351 e. The van der Waals surface area contributed by atoms with Gasteiger partial charge in [-0.25, -0.2) is 0 Å². The van der Waals surface area contributed by atoms with Crippen LogP contribution in [0.5, 0.6) is 0 Å². The van der Waals surface area contributed by atoms with Crippen molar-refractivity contribution in [3.63, 3.8) is 0 Å². The number of hydrogen-bond donors (Lipinski definition) is 2. The lowest BCUT2D eigenvalue weighted by Gasteiger charge is -2.38. The Bertz CT molecular complexity index is 215. The van der Waals surface area contributed by atoms with Gasteiger partial charge in [-0.15, -0.1) is 0 Å². The van der Waals surface area contributed by atoms with Crippen molar-refractivity contribution in [2.24, 2.45) is 0 Å². The van der Waals surface area contributed by atoms with Crippen molar-refractivity contribution in [3.8, 4) is 0 Å². The summed E-state index contributed by atoms with van der Waals surface area (Å²) >= 11 is 0. The molecule has 2 saturated heterocycles. The molecular formula is C10H18N2O. The van der Waals surface area contributed by atoms with E-state index in [0.717, 1.165) is 12.8 Å². The Morgan fingerprint density at radius 2 is 1.92 bits per heavy atom. The minimum atomic E-state index is 0.0446. The first-order valence-corrected chi connectivity index (χ1v) is 5.12. The van der Waals surface area contributed by atoms with Gasteiger partial charge in [0.05, 0.1) is 0 Å². The number of piperidine rings is 1. The van der Waals surface area contributed by atoms with Crippen LogP contribution in [-0.2, 0) is 4.79 Å². The average Bonchev–Trinajstić information content (AvgIpc) is 2.27. The highest BCUT2D eigenvalue weighted by Gasteiger charge is 2.40. The monoisotopic (exact) mass is 182 g/mol. The number of fused-ring (bicyclic) bond motifs is 2. The quantitative estimate of drug-likeness (QED) is 0.629. The minimum absolute atomic E-state index is 0.0446. The van der Waals surface area contributed by atoms with E-state index in [1.807, 2.05) is 0 Å². The number of amides is 1. The lowest BCUT2D eigenvalue weighted by Crippen LogP contribution is -2.55. The van der Waals surface area contributed by atoms with Gasteiger partial charge in [-0.3, -0.25) is 4.79 Å². The maximum atomic E-state index is 11.0. The van der Waals surface area contributed by atoms with E-state index in [1.165, 1.54) is 12.8 Å². The Hall–Kier alpha value is -0.570. The highest BCUT2D eigenvalue weighted by atomic mass is 16.1. The van der Waals surface area contributed by atoms with Crippen LogP contribution < -0.4 is 10.6 Å². The van der Waals surface area contributed by atoms with Crippen LogP contribution in [0.4, 0.5) is 0 Å². The Labute approximate surface area is 79.3 Å². The highest BCUT2D eigenvalue weighted by molar-refractivity contribution is 5.73. The first kappa shape index (κ1) is 9.00. The molecule has 1 unspecified atom stereocenters. The van der Waals surface area contributed by atoms with Crippen molar-refractivity contribution < 1.29 is 4.79 Å². The van der Waals surface area contributed by atoms with E-state index in [0.29, 0.717) is 12.1 Å². The molecule has 2 heterocycles. The maximum absolute atomic E-state index is 11.0. The second-order valence-electron chi connectivity index (χ2n) is 4.79. The third-order valence-corrected chi connectivity index (χ3v) is 3.21. The van der Waals surface area contributed by atoms with Gasteiger partial charge < -0.3 is 10.6 Å². The van der Waals surface area contributed by atoms with Crippen molar-refractivity contribution in [3.05, 3.63) is 0 Å². The van der Waals surface area contributed by atoms with E-state index in [-0.39, 0.29) is 11.4 Å². The summed E-state index contributed by atoms with van der Waals surface area (Å²) in [5, 5.41) is 6.65.